The maximum Gasteiger partial charge on any atom is 0.269 e. The van der Waals surface area contributed by atoms with Gasteiger partial charge in [-0.25, -0.2) is 0 Å². The van der Waals surface area contributed by atoms with E-state index in [1.165, 1.54) is 22.6 Å². The van der Waals surface area contributed by atoms with Crippen molar-refractivity contribution in [1.29, 1.82) is 0 Å². The van der Waals surface area contributed by atoms with Crippen molar-refractivity contribution in [1.82, 2.24) is 0 Å². The predicted molar refractivity (Wildman–Crippen MR) is 94.5 cm³/mol. The Labute approximate surface area is 147 Å². The summed E-state index contributed by atoms with van der Waals surface area (Å²) >= 11 is 0. The molecule has 1 saturated heterocycles. The molecule has 2 aromatic rings. The van der Waals surface area contributed by atoms with E-state index in [4.69, 9.17) is 0 Å². The second kappa shape index (κ2) is 8.20. The topological polar surface area (TPSA) is 72.2 Å². The highest BCUT2D eigenvalue weighted by molar-refractivity contribution is 5.33. The number of benzene rings is 2. The fraction of sp³-hybridized carbons (Fsp3) is 0.368. The van der Waals surface area contributed by atoms with Gasteiger partial charge in [0, 0.05) is 17.7 Å². The lowest BCUT2D eigenvalue weighted by atomic mass is 10.1. The summed E-state index contributed by atoms with van der Waals surface area (Å²) in [5.74, 6) is 0. The third-order valence-electron chi connectivity index (χ3n) is 4.93. The van der Waals surface area contributed by atoms with E-state index in [0.29, 0.717) is 6.54 Å². The van der Waals surface area contributed by atoms with Gasteiger partial charge in [-0.3, -0.25) is 10.1 Å². The summed E-state index contributed by atoms with van der Waals surface area (Å²) in [6.07, 6.45) is -0.577. The van der Waals surface area contributed by atoms with Gasteiger partial charge < -0.3 is 14.9 Å². The lowest BCUT2D eigenvalue weighted by molar-refractivity contribution is -1.02. The minimum atomic E-state index is -0.577. The van der Waals surface area contributed by atoms with Crippen LogP contribution in [-0.4, -0.2) is 42.8 Å². The largest absolute Gasteiger partial charge is 0.382 e. The summed E-state index contributed by atoms with van der Waals surface area (Å²) in [6, 6.07) is 16.8. The summed E-state index contributed by atoms with van der Waals surface area (Å²) in [5, 5.41) is 21.1. The molecule has 0 saturated carbocycles. The van der Waals surface area contributed by atoms with Gasteiger partial charge in [0.1, 0.15) is 45.4 Å². The SMILES string of the molecule is O=[N+]([O-])c1ccc([C@H](O)C[NH+]2CC[NH+](Cc3ccccc3)CC2)cc1. The van der Waals surface area contributed by atoms with Crippen molar-refractivity contribution in [2.75, 3.05) is 32.7 Å². The Morgan fingerprint density at radius 3 is 2.16 bits per heavy atom. The first-order chi connectivity index (χ1) is 12.1. The molecular weight excluding hydrogens is 318 g/mol. The number of quaternary nitrogens is 2. The number of hydrogen-bond acceptors (Lipinski definition) is 3. The molecule has 6 nitrogen and oxygen atoms in total. The van der Waals surface area contributed by atoms with Crippen molar-refractivity contribution < 1.29 is 19.8 Å². The normalized spacial score (nSPS) is 21.6. The number of nitrogens with zero attached hydrogens (tertiary/aromatic N) is 1. The van der Waals surface area contributed by atoms with Crippen molar-refractivity contribution in [3.63, 3.8) is 0 Å². The highest BCUT2D eigenvalue weighted by Crippen LogP contribution is 2.16. The molecule has 0 aliphatic carbocycles. The summed E-state index contributed by atoms with van der Waals surface area (Å²) < 4.78 is 0. The molecule has 6 heteroatoms. The lowest BCUT2D eigenvalue weighted by Gasteiger charge is -2.30. The first-order valence-corrected chi connectivity index (χ1v) is 8.75. The van der Waals surface area contributed by atoms with E-state index >= 15 is 0 Å². The molecular formula is C19H25N3O3+2. The Morgan fingerprint density at radius 1 is 0.960 bits per heavy atom. The Morgan fingerprint density at radius 2 is 1.56 bits per heavy atom. The molecule has 1 fully saturated rings. The van der Waals surface area contributed by atoms with Crippen LogP contribution < -0.4 is 9.80 Å². The van der Waals surface area contributed by atoms with E-state index in [0.717, 1.165) is 38.3 Å². The summed E-state index contributed by atoms with van der Waals surface area (Å²) in [4.78, 5) is 13.3. The van der Waals surface area contributed by atoms with Crippen LogP contribution in [0.3, 0.4) is 0 Å². The zero-order valence-electron chi connectivity index (χ0n) is 14.2. The van der Waals surface area contributed by atoms with Crippen molar-refractivity contribution in [3.05, 3.63) is 75.8 Å². The van der Waals surface area contributed by atoms with Crippen LogP contribution in [-0.2, 0) is 6.54 Å². The number of nitrogens with one attached hydrogen (secondary N) is 2. The molecule has 0 bridgehead atoms. The average molecular weight is 343 g/mol. The van der Waals surface area contributed by atoms with E-state index in [9.17, 15) is 15.2 Å². The molecule has 3 rings (SSSR count). The molecule has 1 atom stereocenters. The Hall–Kier alpha value is -2.28. The Bertz CT molecular complexity index is 683. The number of nitro groups is 1. The molecule has 25 heavy (non-hydrogen) atoms. The third kappa shape index (κ3) is 4.85. The van der Waals surface area contributed by atoms with Gasteiger partial charge in [-0.1, -0.05) is 30.3 Å². The van der Waals surface area contributed by atoms with Crippen LogP contribution in [0.2, 0.25) is 0 Å². The highest BCUT2D eigenvalue weighted by atomic mass is 16.6. The third-order valence-corrected chi connectivity index (χ3v) is 4.93. The molecule has 0 spiro atoms. The summed E-state index contributed by atoms with van der Waals surface area (Å²) in [6.45, 7) is 5.96. The van der Waals surface area contributed by atoms with Crippen LogP contribution in [0.15, 0.2) is 54.6 Å². The molecule has 1 heterocycles. The van der Waals surface area contributed by atoms with Crippen LogP contribution in [0.25, 0.3) is 0 Å². The van der Waals surface area contributed by atoms with E-state index in [1.807, 2.05) is 6.07 Å². The fourth-order valence-electron chi connectivity index (χ4n) is 3.43. The van der Waals surface area contributed by atoms with Gasteiger partial charge >= 0.3 is 0 Å². The monoisotopic (exact) mass is 343 g/mol. The van der Waals surface area contributed by atoms with Crippen molar-refractivity contribution >= 4 is 5.69 Å². The molecule has 0 amide bonds. The molecule has 1 aliphatic heterocycles. The smallest absolute Gasteiger partial charge is 0.269 e. The molecule has 3 N–H and O–H groups in total. The van der Waals surface area contributed by atoms with Gasteiger partial charge in [0.05, 0.1) is 4.92 Å². The molecule has 2 aromatic carbocycles. The van der Waals surface area contributed by atoms with E-state index in [-0.39, 0.29) is 5.69 Å². The van der Waals surface area contributed by atoms with Crippen LogP contribution in [0.1, 0.15) is 17.2 Å². The Balaban J connectivity index is 1.47. The quantitative estimate of drug-likeness (QED) is 0.494. The molecule has 0 radical (unpaired) electrons. The van der Waals surface area contributed by atoms with E-state index < -0.39 is 11.0 Å². The zero-order chi connectivity index (χ0) is 17.6. The number of piperazine rings is 1. The first-order valence-electron chi connectivity index (χ1n) is 8.75. The van der Waals surface area contributed by atoms with E-state index in [1.54, 1.807) is 17.0 Å². The number of hydrogen-bond donors (Lipinski definition) is 3. The van der Waals surface area contributed by atoms with E-state index in [2.05, 4.69) is 24.3 Å². The molecule has 1 aliphatic rings. The van der Waals surface area contributed by atoms with Crippen molar-refractivity contribution in [2.24, 2.45) is 0 Å². The average Bonchev–Trinajstić information content (AvgIpc) is 2.64. The first kappa shape index (κ1) is 17.5. The van der Waals surface area contributed by atoms with Gasteiger partial charge in [0.15, 0.2) is 0 Å². The summed E-state index contributed by atoms with van der Waals surface area (Å²) in [5.41, 5.74) is 2.17. The summed E-state index contributed by atoms with van der Waals surface area (Å²) in [7, 11) is 0. The van der Waals surface area contributed by atoms with Gasteiger partial charge in [-0.2, -0.15) is 0 Å². The second-order valence-electron chi connectivity index (χ2n) is 6.73. The lowest BCUT2D eigenvalue weighted by Crippen LogP contribution is -3.27. The number of non-ortho nitro benzene ring substituents is 1. The van der Waals surface area contributed by atoms with Crippen LogP contribution >= 0.6 is 0 Å². The van der Waals surface area contributed by atoms with Crippen LogP contribution in [0, 0.1) is 10.1 Å². The zero-order valence-corrected chi connectivity index (χ0v) is 14.2. The number of nitro benzene ring substituents is 1. The number of aliphatic hydroxyl groups is 1. The number of aliphatic hydroxyl groups excluding tert-OH is 1. The van der Waals surface area contributed by atoms with Crippen LogP contribution in [0.5, 0.6) is 0 Å². The minimum Gasteiger partial charge on any atom is -0.382 e. The minimum absolute atomic E-state index is 0.0569. The molecule has 0 aromatic heterocycles. The van der Waals surface area contributed by atoms with Gasteiger partial charge in [0.25, 0.3) is 5.69 Å². The number of rotatable bonds is 6. The molecule has 0 unspecified atom stereocenters. The maximum atomic E-state index is 10.7. The molecule has 132 valence electrons. The van der Waals surface area contributed by atoms with Gasteiger partial charge in [0.2, 0.25) is 0 Å². The van der Waals surface area contributed by atoms with Crippen molar-refractivity contribution in [3.8, 4) is 0 Å². The van der Waals surface area contributed by atoms with Crippen LogP contribution in [0.4, 0.5) is 5.69 Å². The standard InChI is InChI=1S/C19H23N3O3/c23-19(17-6-8-18(9-7-17)22(24)25)15-21-12-10-20(11-13-21)14-16-4-2-1-3-5-16/h1-9,19,23H,10-15H2/p+2/t19-/m1/s1. The van der Waals surface area contributed by atoms with Crippen molar-refractivity contribution in [2.45, 2.75) is 12.6 Å². The maximum absolute atomic E-state index is 10.7. The highest BCUT2D eigenvalue weighted by Gasteiger charge is 2.25. The van der Waals surface area contributed by atoms with Gasteiger partial charge in [-0.05, 0) is 17.7 Å². The second-order valence-corrected chi connectivity index (χ2v) is 6.73. The Kier molecular flexibility index (Phi) is 5.75. The fourth-order valence-corrected chi connectivity index (χ4v) is 3.43. The predicted octanol–water partition coefficient (Wildman–Crippen LogP) is -0.388. The van der Waals surface area contributed by atoms with Gasteiger partial charge in [-0.15, -0.1) is 0 Å².